The van der Waals surface area contributed by atoms with E-state index in [1.807, 2.05) is 24.3 Å². The number of sulfonamides is 1. The Bertz CT molecular complexity index is 1320. The molecule has 0 saturated heterocycles. The van der Waals surface area contributed by atoms with Crippen LogP contribution in [0.1, 0.15) is 35.7 Å². The Kier molecular flexibility index (Phi) is 7.67. The van der Waals surface area contributed by atoms with E-state index in [1.54, 1.807) is 36.4 Å². The van der Waals surface area contributed by atoms with Gasteiger partial charge in [0.25, 0.3) is 15.9 Å². The van der Waals surface area contributed by atoms with E-state index in [0.29, 0.717) is 36.6 Å². The highest BCUT2D eigenvalue weighted by molar-refractivity contribution is 7.92. The highest BCUT2D eigenvalue weighted by atomic mass is 32.2. The van der Waals surface area contributed by atoms with E-state index in [-0.39, 0.29) is 15.9 Å². The molecule has 182 valence electrons. The SMILES string of the molecule is CCCCOc1cccc(C(=O)NC(=S)Nc2ccc(S(=O)(=O)N3CCc4ccccc43)cc2)c1. The Morgan fingerprint density at radius 2 is 1.83 bits per heavy atom. The largest absolute Gasteiger partial charge is 0.494 e. The Labute approximate surface area is 211 Å². The fraction of sp³-hybridized carbons (Fsp3) is 0.231. The maximum Gasteiger partial charge on any atom is 0.264 e. The van der Waals surface area contributed by atoms with E-state index in [1.165, 1.54) is 16.4 Å². The number of carbonyl (C=O) groups is 1. The van der Waals surface area contributed by atoms with Crippen LogP contribution in [0.5, 0.6) is 5.75 Å². The minimum absolute atomic E-state index is 0.108. The Balaban J connectivity index is 1.37. The van der Waals surface area contributed by atoms with Crippen LogP contribution in [0.2, 0.25) is 0 Å². The van der Waals surface area contributed by atoms with Crippen LogP contribution in [0.4, 0.5) is 11.4 Å². The smallest absolute Gasteiger partial charge is 0.264 e. The summed E-state index contributed by atoms with van der Waals surface area (Å²) < 4.78 is 33.4. The molecule has 1 aliphatic heterocycles. The number of amides is 1. The fourth-order valence-corrected chi connectivity index (χ4v) is 5.51. The van der Waals surface area contributed by atoms with Crippen molar-refractivity contribution in [3.8, 4) is 5.75 Å². The number of hydrogen-bond donors (Lipinski definition) is 2. The molecule has 0 atom stereocenters. The highest BCUT2D eigenvalue weighted by Crippen LogP contribution is 2.32. The van der Waals surface area contributed by atoms with Crippen molar-refractivity contribution in [1.29, 1.82) is 0 Å². The van der Waals surface area contributed by atoms with Gasteiger partial charge in [-0.3, -0.25) is 14.4 Å². The number of ether oxygens (including phenoxy) is 1. The van der Waals surface area contributed by atoms with Crippen molar-refractivity contribution < 1.29 is 17.9 Å². The summed E-state index contributed by atoms with van der Waals surface area (Å²) in [5.74, 6) is 0.262. The Morgan fingerprint density at radius 3 is 2.60 bits per heavy atom. The Hall–Kier alpha value is -3.43. The van der Waals surface area contributed by atoms with Gasteiger partial charge in [0.1, 0.15) is 5.75 Å². The molecule has 0 bridgehead atoms. The lowest BCUT2D eigenvalue weighted by Gasteiger charge is -2.19. The van der Waals surface area contributed by atoms with Crippen molar-refractivity contribution in [3.63, 3.8) is 0 Å². The van der Waals surface area contributed by atoms with Gasteiger partial charge >= 0.3 is 0 Å². The standard InChI is InChI=1S/C26H27N3O4S2/c1-2-3-17-33-22-9-6-8-20(18-22)25(30)28-26(34)27-21-11-13-23(14-12-21)35(31,32)29-16-15-19-7-4-5-10-24(19)29/h4-14,18H,2-3,15-17H2,1H3,(H2,27,28,30,34). The van der Waals surface area contributed by atoms with Crippen LogP contribution in [0.3, 0.4) is 0 Å². The van der Waals surface area contributed by atoms with Gasteiger partial charge in [-0.1, -0.05) is 37.6 Å². The maximum atomic E-state index is 13.2. The summed E-state index contributed by atoms with van der Waals surface area (Å²) in [5, 5.41) is 5.67. The normalized spacial score (nSPS) is 12.7. The molecule has 0 radical (unpaired) electrons. The molecule has 2 N–H and O–H groups in total. The molecule has 0 aromatic heterocycles. The minimum atomic E-state index is -3.67. The van der Waals surface area contributed by atoms with Crippen LogP contribution in [-0.2, 0) is 16.4 Å². The van der Waals surface area contributed by atoms with E-state index in [4.69, 9.17) is 17.0 Å². The molecule has 0 saturated carbocycles. The number of thiocarbonyl (C=S) groups is 1. The lowest BCUT2D eigenvalue weighted by molar-refractivity contribution is 0.0977. The van der Waals surface area contributed by atoms with Gasteiger partial charge in [-0.25, -0.2) is 8.42 Å². The molecule has 9 heteroatoms. The van der Waals surface area contributed by atoms with Crippen molar-refractivity contribution in [2.75, 3.05) is 22.8 Å². The number of carbonyl (C=O) groups excluding carboxylic acids is 1. The number of hydrogen-bond acceptors (Lipinski definition) is 5. The minimum Gasteiger partial charge on any atom is -0.494 e. The number of unbranched alkanes of at least 4 members (excludes halogenated alkanes) is 1. The number of benzene rings is 3. The molecule has 4 rings (SSSR count). The zero-order valence-corrected chi connectivity index (χ0v) is 21.0. The van der Waals surface area contributed by atoms with Crippen molar-refractivity contribution in [3.05, 3.63) is 83.9 Å². The molecule has 1 amide bonds. The number of nitrogens with one attached hydrogen (secondary N) is 2. The van der Waals surface area contributed by atoms with Crippen LogP contribution in [0.15, 0.2) is 77.7 Å². The third-order valence-corrected chi connectivity index (χ3v) is 7.67. The molecular formula is C26H27N3O4S2. The van der Waals surface area contributed by atoms with Gasteiger partial charge in [-0.05, 0) is 79.2 Å². The van der Waals surface area contributed by atoms with Crippen LogP contribution in [0.25, 0.3) is 0 Å². The van der Waals surface area contributed by atoms with Crippen LogP contribution in [0, 0.1) is 0 Å². The van der Waals surface area contributed by atoms with Gasteiger partial charge < -0.3 is 10.1 Å². The van der Waals surface area contributed by atoms with Gasteiger partial charge in [0.2, 0.25) is 0 Å². The first-order valence-electron chi connectivity index (χ1n) is 11.4. The molecule has 35 heavy (non-hydrogen) atoms. The van der Waals surface area contributed by atoms with E-state index in [0.717, 1.165) is 24.1 Å². The summed E-state index contributed by atoms with van der Waals surface area (Å²) in [6.45, 7) is 3.10. The second kappa shape index (κ2) is 10.9. The molecule has 0 aliphatic carbocycles. The van der Waals surface area contributed by atoms with Gasteiger partial charge in [-0.2, -0.15) is 0 Å². The average Bonchev–Trinajstić information content (AvgIpc) is 3.30. The molecule has 7 nitrogen and oxygen atoms in total. The van der Waals surface area contributed by atoms with Crippen LogP contribution in [-0.4, -0.2) is 32.6 Å². The second-order valence-electron chi connectivity index (χ2n) is 8.12. The highest BCUT2D eigenvalue weighted by Gasteiger charge is 2.30. The predicted octanol–water partition coefficient (Wildman–Crippen LogP) is 4.74. The van der Waals surface area contributed by atoms with Gasteiger partial charge in [-0.15, -0.1) is 0 Å². The maximum absolute atomic E-state index is 13.2. The van der Waals surface area contributed by atoms with Crippen molar-refractivity contribution in [2.24, 2.45) is 0 Å². The second-order valence-corrected chi connectivity index (χ2v) is 10.4. The zero-order chi connectivity index (χ0) is 24.8. The third-order valence-electron chi connectivity index (χ3n) is 5.63. The summed E-state index contributed by atoms with van der Waals surface area (Å²) >= 11 is 5.27. The molecule has 3 aromatic rings. The first-order chi connectivity index (χ1) is 16.9. The van der Waals surface area contributed by atoms with E-state index in [9.17, 15) is 13.2 Å². The molecule has 0 spiro atoms. The lowest BCUT2D eigenvalue weighted by Crippen LogP contribution is -2.34. The van der Waals surface area contributed by atoms with Crippen LogP contribution >= 0.6 is 12.2 Å². The predicted molar refractivity (Wildman–Crippen MR) is 142 cm³/mol. The van der Waals surface area contributed by atoms with E-state index < -0.39 is 10.0 Å². The molecule has 0 unspecified atom stereocenters. The third kappa shape index (κ3) is 5.80. The van der Waals surface area contributed by atoms with E-state index >= 15 is 0 Å². The topological polar surface area (TPSA) is 87.7 Å². The molecular weight excluding hydrogens is 482 g/mol. The van der Waals surface area contributed by atoms with Gasteiger partial charge in [0, 0.05) is 17.8 Å². The number of rotatable bonds is 8. The molecule has 1 heterocycles. The fourth-order valence-electron chi connectivity index (χ4n) is 3.79. The van der Waals surface area contributed by atoms with E-state index in [2.05, 4.69) is 17.6 Å². The average molecular weight is 510 g/mol. The van der Waals surface area contributed by atoms with Crippen molar-refractivity contribution >= 4 is 44.6 Å². The first kappa shape index (κ1) is 24.7. The van der Waals surface area contributed by atoms with Crippen molar-refractivity contribution in [2.45, 2.75) is 31.1 Å². The lowest BCUT2D eigenvalue weighted by atomic mass is 10.2. The Morgan fingerprint density at radius 1 is 1.06 bits per heavy atom. The molecule has 1 aliphatic rings. The number of nitrogens with zero attached hydrogens (tertiary/aromatic N) is 1. The first-order valence-corrected chi connectivity index (χ1v) is 13.3. The summed E-state index contributed by atoms with van der Waals surface area (Å²) in [6, 6.07) is 20.7. The van der Waals surface area contributed by atoms with Gasteiger partial charge in [0.05, 0.1) is 17.2 Å². The number of anilines is 2. The summed E-state index contributed by atoms with van der Waals surface area (Å²) in [4.78, 5) is 12.8. The summed E-state index contributed by atoms with van der Waals surface area (Å²) in [5.41, 5.74) is 2.73. The monoisotopic (exact) mass is 509 g/mol. The number of fused-ring (bicyclic) bond motifs is 1. The van der Waals surface area contributed by atoms with Crippen molar-refractivity contribution in [1.82, 2.24) is 5.32 Å². The molecule has 0 fully saturated rings. The molecule has 3 aromatic carbocycles. The zero-order valence-electron chi connectivity index (χ0n) is 19.4. The number of para-hydroxylation sites is 1. The van der Waals surface area contributed by atoms with Crippen LogP contribution < -0.4 is 19.7 Å². The summed E-state index contributed by atoms with van der Waals surface area (Å²) in [7, 11) is -3.67. The van der Waals surface area contributed by atoms with Gasteiger partial charge in [0.15, 0.2) is 5.11 Å². The summed E-state index contributed by atoms with van der Waals surface area (Å²) in [6.07, 6.45) is 2.66. The quantitative estimate of drug-likeness (QED) is 0.337.